The van der Waals surface area contributed by atoms with Crippen LogP contribution in [0.2, 0.25) is 0 Å². The van der Waals surface area contributed by atoms with E-state index < -0.39 is 0 Å². The number of hydrogen-bond donors (Lipinski definition) is 0. The van der Waals surface area contributed by atoms with Crippen LogP contribution in [0.3, 0.4) is 0 Å². The zero-order valence-electron chi connectivity index (χ0n) is 11.3. The molecule has 0 saturated carbocycles. The monoisotopic (exact) mass is 265 g/mol. The lowest BCUT2D eigenvalue weighted by atomic mass is 10.2. The summed E-state index contributed by atoms with van der Waals surface area (Å²) in [6.45, 7) is 7.30. The zero-order valence-corrected chi connectivity index (χ0v) is 12.0. The van der Waals surface area contributed by atoms with E-state index in [4.69, 9.17) is 11.6 Å². The van der Waals surface area contributed by atoms with Gasteiger partial charge in [-0.25, -0.2) is 4.98 Å². The van der Waals surface area contributed by atoms with E-state index in [0.717, 1.165) is 31.0 Å². The van der Waals surface area contributed by atoms with E-state index >= 15 is 0 Å². The molecule has 18 heavy (non-hydrogen) atoms. The van der Waals surface area contributed by atoms with Gasteiger partial charge in [0.25, 0.3) is 0 Å². The van der Waals surface area contributed by atoms with Gasteiger partial charge in [-0.2, -0.15) is 0 Å². The number of hydrogen-bond acceptors (Lipinski definition) is 2. The number of fused-ring (bicyclic) bond motifs is 1. The molecule has 1 aromatic carbocycles. The van der Waals surface area contributed by atoms with E-state index in [2.05, 4.69) is 47.5 Å². The molecule has 0 aliphatic rings. The normalized spacial score (nSPS) is 11.6. The molecule has 98 valence electrons. The average molecular weight is 266 g/mol. The molecule has 0 unspecified atom stereocenters. The number of nitrogens with zero attached hydrogens (tertiary/aromatic N) is 3. The van der Waals surface area contributed by atoms with Crippen LogP contribution in [0.15, 0.2) is 18.2 Å². The Kier molecular flexibility index (Phi) is 4.25. The van der Waals surface area contributed by atoms with E-state index in [0.29, 0.717) is 5.88 Å². The van der Waals surface area contributed by atoms with Gasteiger partial charge in [-0.3, -0.25) is 0 Å². The molecule has 0 fully saturated rings. The number of imidazole rings is 1. The molecular weight excluding hydrogens is 246 g/mol. The van der Waals surface area contributed by atoms with Crippen LogP contribution in [-0.2, 0) is 12.4 Å². The fraction of sp³-hybridized carbons (Fsp3) is 0.500. The highest BCUT2D eigenvalue weighted by molar-refractivity contribution is 6.16. The van der Waals surface area contributed by atoms with Crippen molar-refractivity contribution < 1.29 is 0 Å². The van der Waals surface area contributed by atoms with Crippen LogP contribution in [0.5, 0.6) is 0 Å². The molecule has 0 saturated heterocycles. The Morgan fingerprint density at radius 2 is 2.17 bits per heavy atom. The molecular formula is C14H20ClN3. The minimum absolute atomic E-state index is 0.462. The second kappa shape index (κ2) is 5.72. The van der Waals surface area contributed by atoms with Crippen molar-refractivity contribution >= 4 is 22.6 Å². The van der Waals surface area contributed by atoms with Crippen LogP contribution in [0.1, 0.15) is 18.3 Å². The second-order valence-electron chi connectivity index (χ2n) is 4.65. The van der Waals surface area contributed by atoms with Crippen molar-refractivity contribution in [2.45, 2.75) is 26.3 Å². The first kappa shape index (κ1) is 13.4. The second-order valence-corrected chi connectivity index (χ2v) is 4.92. The van der Waals surface area contributed by atoms with Gasteiger partial charge >= 0.3 is 0 Å². The minimum atomic E-state index is 0.462. The van der Waals surface area contributed by atoms with Crippen LogP contribution in [0.4, 0.5) is 0 Å². The number of likely N-dealkylation sites (N-methyl/N-ethyl adjacent to an activating group) is 1. The van der Waals surface area contributed by atoms with Crippen LogP contribution < -0.4 is 0 Å². The quantitative estimate of drug-likeness (QED) is 0.775. The molecule has 0 aliphatic carbocycles. The maximum absolute atomic E-state index is 6.01. The van der Waals surface area contributed by atoms with E-state index in [1.165, 1.54) is 11.1 Å². The van der Waals surface area contributed by atoms with Crippen molar-refractivity contribution in [3.05, 3.63) is 29.6 Å². The molecule has 0 radical (unpaired) electrons. The number of para-hydroxylation sites is 1. The van der Waals surface area contributed by atoms with Crippen molar-refractivity contribution in [2.75, 3.05) is 20.1 Å². The first-order valence-corrected chi connectivity index (χ1v) is 6.90. The van der Waals surface area contributed by atoms with Gasteiger partial charge in [0.2, 0.25) is 0 Å². The van der Waals surface area contributed by atoms with E-state index in [9.17, 15) is 0 Å². The lowest BCUT2D eigenvalue weighted by Gasteiger charge is -2.16. The van der Waals surface area contributed by atoms with Gasteiger partial charge in [0.05, 0.1) is 16.9 Å². The van der Waals surface area contributed by atoms with Gasteiger partial charge in [0.1, 0.15) is 5.82 Å². The Hall–Kier alpha value is -1.06. The first-order valence-electron chi connectivity index (χ1n) is 6.36. The molecule has 3 nitrogen and oxygen atoms in total. The van der Waals surface area contributed by atoms with Crippen molar-refractivity contribution in [1.29, 1.82) is 0 Å². The van der Waals surface area contributed by atoms with E-state index in [1.54, 1.807) is 0 Å². The molecule has 2 rings (SSSR count). The molecule has 0 spiro atoms. The smallest absolute Gasteiger partial charge is 0.124 e. The predicted octanol–water partition coefficient (Wildman–Crippen LogP) is 3.04. The maximum Gasteiger partial charge on any atom is 0.124 e. The number of alkyl halides is 1. The molecule has 0 N–H and O–H groups in total. The van der Waals surface area contributed by atoms with Gasteiger partial charge in [0, 0.05) is 13.1 Å². The maximum atomic E-state index is 6.01. The molecule has 0 bridgehead atoms. The van der Waals surface area contributed by atoms with Crippen molar-refractivity contribution in [3.8, 4) is 0 Å². The fourth-order valence-electron chi connectivity index (χ4n) is 2.19. The van der Waals surface area contributed by atoms with Gasteiger partial charge < -0.3 is 9.47 Å². The standard InChI is InChI=1S/C14H20ClN3/c1-4-17(3)8-9-18-13(10-15)16-12-7-5-6-11(2)14(12)18/h5-7H,4,8-10H2,1-3H3. The Morgan fingerprint density at radius 1 is 1.39 bits per heavy atom. The summed E-state index contributed by atoms with van der Waals surface area (Å²) in [5.41, 5.74) is 3.53. The summed E-state index contributed by atoms with van der Waals surface area (Å²) in [7, 11) is 2.13. The van der Waals surface area contributed by atoms with Crippen LogP contribution >= 0.6 is 11.6 Å². The fourth-order valence-corrected chi connectivity index (χ4v) is 2.39. The van der Waals surface area contributed by atoms with Crippen LogP contribution in [0.25, 0.3) is 11.0 Å². The zero-order chi connectivity index (χ0) is 13.1. The van der Waals surface area contributed by atoms with Gasteiger partial charge in [-0.1, -0.05) is 19.1 Å². The number of benzene rings is 1. The molecule has 1 aromatic heterocycles. The third kappa shape index (κ3) is 2.52. The highest BCUT2D eigenvalue weighted by atomic mass is 35.5. The lowest BCUT2D eigenvalue weighted by molar-refractivity contribution is 0.335. The van der Waals surface area contributed by atoms with Gasteiger partial charge in [-0.05, 0) is 32.1 Å². The topological polar surface area (TPSA) is 21.1 Å². The third-order valence-electron chi connectivity index (χ3n) is 3.41. The van der Waals surface area contributed by atoms with Crippen molar-refractivity contribution in [3.63, 3.8) is 0 Å². The number of halogens is 1. The summed E-state index contributed by atoms with van der Waals surface area (Å²) in [6, 6.07) is 6.23. The Balaban J connectivity index is 2.40. The lowest BCUT2D eigenvalue weighted by Crippen LogP contribution is -2.23. The average Bonchev–Trinajstić information content (AvgIpc) is 2.75. The van der Waals surface area contributed by atoms with Crippen LogP contribution in [0, 0.1) is 6.92 Å². The highest BCUT2D eigenvalue weighted by Gasteiger charge is 2.11. The molecule has 4 heteroatoms. The Morgan fingerprint density at radius 3 is 2.83 bits per heavy atom. The van der Waals surface area contributed by atoms with E-state index in [-0.39, 0.29) is 0 Å². The Labute approximate surface area is 113 Å². The molecule has 1 heterocycles. The Bertz CT molecular complexity index is 533. The van der Waals surface area contributed by atoms with Crippen molar-refractivity contribution in [2.24, 2.45) is 0 Å². The largest absolute Gasteiger partial charge is 0.325 e. The molecule has 0 atom stereocenters. The number of rotatable bonds is 5. The summed E-state index contributed by atoms with van der Waals surface area (Å²) < 4.78 is 2.25. The SMILES string of the molecule is CCN(C)CCn1c(CCl)nc2cccc(C)c21. The molecule has 2 aromatic rings. The third-order valence-corrected chi connectivity index (χ3v) is 3.65. The highest BCUT2D eigenvalue weighted by Crippen LogP contribution is 2.21. The minimum Gasteiger partial charge on any atom is -0.325 e. The number of aromatic nitrogens is 2. The van der Waals surface area contributed by atoms with Gasteiger partial charge in [0.15, 0.2) is 0 Å². The molecule has 0 aliphatic heterocycles. The summed E-state index contributed by atoms with van der Waals surface area (Å²) in [5.74, 6) is 1.43. The van der Waals surface area contributed by atoms with Crippen LogP contribution in [-0.4, -0.2) is 34.6 Å². The van der Waals surface area contributed by atoms with Gasteiger partial charge in [-0.15, -0.1) is 11.6 Å². The first-order chi connectivity index (χ1) is 8.67. The van der Waals surface area contributed by atoms with E-state index in [1.807, 2.05) is 6.07 Å². The summed E-state index contributed by atoms with van der Waals surface area (Å²) in [6.07, 6.45) is 0. The summed E-state index contributed by atoms with van der Waals surface area (Å²) in [4.78, 5) is 6.90. The summed E-state index contributed by atoms with van der Waals surface area (Å²) >= 11 is 6.01. The predicted molar refractivity (Wildman–Crippen MR) is 77.2 cm³/mol. The molecule has 0 amide bonds. The van der Waals surface area contributed by atoms with Crippen molar-refractivity contribution in [1.82, 2.24) is 14.5 Å². The number of aryl methyl sites for hydroxylation is 1. The summed E-state index contributed by atoms with van der Waals surface area (Å²) in [5, 5.41) is 0.